The molecule has 0 spiro atoms. The number of carboxylic acid groups (broad SMARTS) is 1. The first-order valence-corrected chi connectivity index (χ1v) is 10.8. The van der Waals surface area contributed by atoms with Crippen LogP contribution in [-0.4, -0.2) is 21.6 Å². The van der Waals surface area contributed by atoms with Crippen LogP contribution in [0.4, 0.5) is 5.00 Å². The lowest BCUT2D eigenvalue weighted by atomic mass is 9.96. The molecule has 7 nitrogen and oxygen atoms in total. The lowest BCUT2D eigenvalue weighted by Crippen LogP contribution is -2.13. The number of fused-ring (bicyclic) bond motifs is 1. The predicted octanol–water partition coefficient (Wildman–Crippen LogP) is 4.53. The van der Waals surface area contributed by atoms with Crippen LogP contribution < -0.4 is 5.32 Å². The van der Waals surface area contributed by atoms with Crippen LogP contribution in [-0.2, 0) is 17.6 Å². The Hall–Kier alpha value is -4.14. The van der Waals surface area contributed by atoms with Crippen molar-refractivity contribution in [1.82, 2.24) is 4.57 Å². The molecule has 1 aliphatic carbocycles. The van der Waals surface area contributed by atoms with Gasteiger partial charge in [-0.05, 0) is 67.7 Å². The van der Waals surface area contributed by atoms with E-state index in [4.69, 9.17) is 0 Å². The second kappa shape index (κ2) is 8.93. The first-order valence-electron chi connectivity index (χ1n) is 10.0. The number of nitrogens with zero attached hydrogens (tertiary/aromatic N) is 3. The minimum Gasteiger partial charge on any atom is -0.478 e. The van der Waals surface area contributed by atoms with Gasteiger partial charge in [-0.2, -0.15) is 10.5 Å². The van der Waals surface area contributed by atoms with Crippen LogP contribution in [0, 0.1) is 22.7 Å². The molecule has 3 aromatic rings. The van der Waals surface area contributed by atoms with E-state index in [9.17, 15) is 25.2 Å². The van der Waals surface area contributed by atoms with Gasteiger partial charge in [0, 0.05) is 22.5 Å². The molecular formula is C24H18N4O3S. The molecule has 0 bridgehead atoms. The minimum absolute atomic E-state index is 0.116. The van der Waals surface area contributed by atoms with Gasteiger partial charge < -0.3 is 15.0 Å². The number of anilines is 1. The number of rotatable bonds is 5. The van der Waals surface area contributed by atoms with Crippen LogP contribution in [0.15, 0.2) is 48.2 Å². The highest BCUT2D eigenvalue weighted by Gasteiger charge is 2.23. The Morgan fingerprint density at radius 3 is 2.72 bits per heavy atom. The van der Waals surface area contributed by atoms with Crippen molar-refractivity contribution in [3.63, 3.8) is 0 Å². The van der Waals surface area contributed by atoms with E-state index in [1.54, 1.807) is 35.0 Å². The maximum atomic E-state index is 12.9. The lowest BCUT2D eigenvalue weighted by molar-refractivity contribution is -0.112. The monoisotopic (exact) mass is 442 g/mol. The molecule has 1 aliphatic rings. The normalized spacial score (nSPS) is 13.0. The molecule has 2 aromatic heterocycles. The summed E-state index contributed by atoms with van der Waals surface area (Å²) in [5.41, 5.74) is 2.66. The van der Waals surface area contributed by atoms with E-state index in [2.05, 4.69) is 11.4 Å². The smallest absolute Gasteiger partial charge is 0.335 e. The number of thiophene rings is 1. The third kappa shape index (κ3) is 4.04. The van der Waals surface area contributed by atoms with Crippen LogP contribution in [0.1, 0.15) is 44.9 Å². The van der Waals surface area contributed by atoms with Gasteiger partial charge in [0.15, 0.2) is 0 Å². The minimum atomic E-state index is -1.04. The van der Waals surface area contributed by atoms with E-state index < -0.39 is 11.9 Å². The summed E-state index contributed by atoms with van der Waals surface area (Å²) in [5.74, 6) is -1.63. The fraction of sp³-hybridized carbons (Fsp3) is 0.167. The summed E-state index contributed by atoms with van der Waals surface area (Å²) in [6.07, 6.45) is 6.98. The van der Waals surface area contributed by atoms with Crippen molar-refractivity contribution in [3.05, 3.63) is 75.4 Å². The molecule has 158 valence electrons. The van der Waals surface area contributed by atoms with Crippen molar-refractivity contribution < 1.29 is 14.7 Å². The molecule has 8 heteroatoms. The first kappa shape index (κ1) is 21.1. The molecule has 1 aromatic carbocycles. The third-order valence-corrected chi connectivity index (χ3v) is 6.53. The average molecular weight is 443 g/mol. The van der Waals surface area contributed by atoms with Gasteiger partial charge in [-0.25, -0.2) is 4.79 Å². The number of carbonyl (C=O) groups excluding carboxylic acids is 1. The number of nitriles is 2. The van der Waals surface area contributed by atoms with Crippen molar-refractivity contribution in [3.8, 4) is 17.8 Å². The Labute approximate surface area is 188 Å². The van der Waals surface area contributed by atoms with Gasteiger partial charge in [0.1, 0.15) is 22.7 Å². The molecule has 0 radical (unpaired) electrons. The molecule has 4 rings (SSSR count). The molecule has 2 N–H and O–H groups in total. The highest BCUT2D eigenvalue weighted by atomic mass is 32.1. The Bertz CT molecular complexity index is 1330. The summed E-state index contributed by atoms with van der Waals surface area (Å²) in [7, 11) is 0. The number of aromatic carboxylic acids is 1. The number of carboxylic acids is 1. The zero-order chi connectivity index (χ0) is 22.7. The Kier molecular flexibility index (Phi) is 5.89. The number of aromatic nitrogens is 1. The SMILES string of the molecule is N#C/C(=C\c1cccn1-c1cccc(C(=O)O)c1)C(=O)Nc1sc2c(c1C#N)CCCC2. The van der Waals surface area contributed by atoms with Gasteiger partial charge in [-0.15, -0.1) is 11.3 Å². The highest BCUT2D eigenvalue weighted by Crippen LogP contribution is 2.37. The summed E-state index contributed by atoms with van der Waals surface area (Å²) in [5, 5.41) is 31.7. The maximum absolute atomic E-state index is 12.9. The van der Waals surface area contributed by atoms with Gasteiger partial charge in [-0.3, -0.25) is 4.79 Å². The molecule has 0 atom stereocenters. The Balaban J connectivity index is 1.64. The van der Waals surface area contributed by atoms with Crippen LogP contribution >= 0.6 is 11.3 Å². The number of carbonyl (C=O) groups is 2. The number of benzene rings is 1. The van der Waals surface area contributed by atoms with Crippen LogP contribution in [0.5, 0.6) is 0 Å². The number of hydrogen-bond acceptors (Lipinski definition) is 5. The van der Waals surface area contributed by atoms with E-state index >= 15 is 0 Å². The summed E-state index contributed by atoms with van der Waals surface area (Å²) < 4.78 is 1.70. The standard InChI is InChI=1S/C24H18N4O3S/c25-13-16(22(29)27-23-20(14-26)19-8-1-2-9-21(19)32-23)12-18-7-4-10-28(18)17-6-3-5-15(11-17)24(30)31/h3-7,10-12H,1-2,8-9H2,(H,27,29)(H,30,31)/b16-12+. The van der Waals surface area contributed by atoms with Crippen molar-refractivity contribution in [2.24, 2.45) is 0 Å². The fourth-order valence-corrected chi connectivity index (χ4v) is 5.01. The second-order valence-electron chi connectivity index (χ2n) is 7.31. The molecule has 0 saturated carbocycles. The molecule has 0 fully saturated rings. The number of aryl methyl sites for hydroxylation is 1. The van der Waals surface area contributed by atoms with Crippen LogP contribution in [0.25, 0.3) is 11.8 Å². The summed E-state index contributed by atoms with van der Waals surface area (Å²) >= 11 is 1.40. The first-order chi connectivity index (χ1) is 15.5. The summed E-state index contributed by atoms with van der Waals surface area (Å²) in [6.45, 7) is 0. The molecule has 1 amide bonds. The van der Waals surface area contributed by atoms with E-state index in [1.165, 1.54) is 29.5 Å². The molecule has 0 saturated heterocycles. The predicted molar refractivity (Wildman–Crippen MR) is 121 cm³/mol. The Morgan fingerprint density at radius 1 is 1.16 bits per heavy atom. The number of amides is 1. The van der Waals surface area contributed by atoms with Gasteiger partial charge in [0.05, 0.1) is 11.1 Å². The lowest BCUT2D eigenvalue weighted by Gasteiger charge is -2.09. The summed E-state index contributed by atoms with van der Waals surface area (Å²) in [4.78, 5) is 25.3. The topological polar surface area (TPSA) is 119 Å². The van der Waals surface area contributed by atoms with Crippen molar-refractivity contribution in [2.45, 2.75) is 25.7 Å². The van der Waals surface area contributed by atoms with E-state index in [-0.39, 0.29) is 11.1 Å². The van der Waals surface area contributed by atoms with E-state index in [0.717, 1.165) is 36.1 Å². The zero-order valence-electron chi connectivity index (χ0n) is 17.0. The van der Waals surface area contributed by atoms with E-state index in [1.807, 2.05) is 6.07 Å². The van der Waals surface area contributed by atoms with Crippen molar-refractivity contribution >= 4 is 34.3 Å². The molecular weight excluding hydrogens is 424 g/mol. The molecule has 0 aliphatic heterocycles. The number of hydrogen-bond donors (Lipinski definition) is 2. The second-order valence-corrected chi connectivity index (χ2v) is 8.41. The zero-order valence-corrected chi connectivity index (χ0v) is 17.8. The van der Waals surface area contributed by atoms with Crippen LogP contribution in [0.2, 0.25) is 0 Å². The average Bonchev–Trinajstić information content (AvgIpc) is 3.41. The van der Waals surface area contributed by atoms with Gasteiger partial charge in [0.25, 0.3) is 5.91 Å². The van der Waals surface area contributed by atoms with Gasteiger partial charge in [-0.1, -0.05) is 6.07 Å². The van der Waals surface area contributed by atoms with Crippen molar-refractivity contribution in [2.75, 3.05) is 5.32 Å². The highest BCUT2D eigenvalue weighted by molar-refractivity contribution is 7.16. The van der Waals surface area contributed by atoms with Gasteiger partial charge in [0.2, 0.25) is 0 Å². The van der Waals surface area contributed by atoms with E-state index in [0.29, 0.717) is 21.9 Å². The number of nitrogens with one attached hydrogen (secondary N) is 1. The van der Waals surface area contributed by atoms with Gasteiger partial charge >= 0.3 is 5.97 Å². The maximum Gasteiger partial charge on any atom is 0.335 e. The van der Waals surface area contributed by atoms with Crippen molar-refractivity contribution in [1.29, 1.82) is 10.5 Å². The fourth-order valence-electron chi connectivity index (χ4n) is 3.77. The molecule has 32 heavy (non-hydrogen) atoms. The third-order valence-electron chi connectivity index (χ3n) is 5.32. The quantitative estimate of drug-likeness (QED) is 0.444. The van der Waals surface area contributed by atoms with Crippen LogP contribution in [0.3, 0.4) is 0 Å². The molecule has 0 unspecified atom stereocenters. The summed E-state index contributed by atoms with van der Waals surface area (Å²) in [6, 6.07) is 14.0. The largest absolute Gasteiger partial charge is 0.478 e. The molecule has 2 heterocycles. The Morgan fingerprint density at radius 2 is 1.97 bits per heavy atom.